The number of aromatic nitrogens is 2. The summed E-state index contributed by atoms with van der Waals surface area (Å²) in [5.74, 6) is 0.686. The van der Waals surface area contributed by atoms with Crippen molar-refractivity contribution in [1.29, 1.82) is 0 Å². The van der Waals surface area contributed by atoms with Gasteiger partial charge >= 0.3 is 0 Å². The van der Waals surface area contributed by atoms with Crippen LogP contribution in [-0.4, -0.2) is 37.1 Å². The molecule has 178 valence electrons. The highest BCUT2D eigenvalue weighted by atomic mass is 32.2. The summed E-state index contributed by atoms with van der Waals surface area (Å²) in [6.07, 6.45) is 1.18. The van der Waals surface area contributed by atoms with E-state index in [2.05, 4.69) is 10.3 Å². The number of sulfone groups is 1. The summed E-state index contributed by atoms with van der Waals surface area (Å²) >= 11 is 0. The van der Waals surface area contributed by atoms with E-state index >= 15 is 0 Å². The number of anilines is 1. The molecule has 10 heteroatoms. The maximum atomic E-state index is 13.3. The van der Waals surface area contributed by atoms with Crippen LogP contribution in [0.5, 0.6) is 11.5 Å². The predicted molar refractivity (Wildman–Crippen MR) is 129 cm³/mol. The molecule has 2 aromatic heterocycles. The summed E-state index contributed by atoms with van der Waals surface area (Å²) in [6.45, 7) is 2.35. The molecule has 0 unspecified atom stereocenters. The molecule has 0 bridgehead atoms. The fraction of sp³-hybridized carbons (Fsp3) is 0.160. The van der Waals surface area contributed by atoms with E-state index in [0.717, 1.165) is 0 Å². The number of ether oxygens (including phenoxy) is 2. The van der Waals surface area contributed by atoms with Crippen molar-refractivity contribution in [3.63, 3.8) is 0 Å². The molecule has 35 heavy (non-hydrogen) atoms. The summed E-state index contributed by atoms with van der Waals surface area (Å²) in [6, 6.07) is 15.9. The van der Waals surface area contributed by atoms with E-state index < -0.39 is 26.1 Å². The number of carbonyl (C=O) groups is 1. The molecule has 9 nitrogen and oxygen atoms in total. The Hall–Kier alpha value is -4.18. The first kappa shape index (κ1) is 22.6. The number of carbonyl (C=O) groups excluding carboxylic acids is 1. The number of nitrogens with one attached hydrogen (secondary N) is 1. The lowest BCUT2D eigenvalue weighted by Gasteiger charge is -2.19. The standard InChI is InChI=1S/C25H21N3O6S/c1-16-7-9-19-24(30)22(35(31,32)18-5-3-2-4-6-18)14-28(25(19)26-16)15-23(29)27-17-8-10-20-21(13-17)34-12-11-33-20/h2-10,13-14H,11-12,15H2,1H3,(H,27,29). The van der Waals surface area contributed by atoms with Gasteiger partial charge in [-0.3, -0.25) is 9.59 Å². The lowest BCUT2D eigenvalue weighted by molar-refractivity contribution is -0.116. The van der Waals surface area contributed by atoms with E-state index in [1.807, 2.05) is 0 Å². The molecule has 1 aliphatic heterocycles. The Morgan fingerprint density at radius 1 is 1.03 bits per heavy atom. The molecule has 0 fully saturated rings. The Morgan fingerprint density at radius 3 is 2.54 bits per heavy atom. The van der Waals surface area contributed by atoms with Gasteiger partial charge in [-0.1, -0.05) is 18.2 Å². The molecule has 0 radical (unpaired) electrons. The molecule has 1 N–H and O–H groups in total. The van der Waals surface area contributed by atoms with Gasteiger partial charge < -0.3 is 19.4 Å². The number of fused-ring (bicyclic) bond motifs is 2. The maximum Gasteiger partial charge on any atom is 0.244 e. The van der Waals surface area contributed by atoms with Gasteiger partial charge in [0.15, 0.2) is 11.5 Å². The van der Waals surface area contributed by atoms with Gasteiger partial charge in [0.1, 0.15) is 30.3 Å². The molecule has 0 saturated heterocycles. The van der Waals surface area contributed by atoms with Crippen molar-refractivity contribution in [2.24, 2.45) is 0 Å². The molecule has 0 spiro atoms. The Bertz CT molecular complexity index is 1610. The van der Waals surface area contributed by atoms with E-state index in [1.165, 1.54) is 29.0 Å². The average molecular weight is 492 g/mol. The number of hydrogen-bond acceptors (Lipinski definition) is 7. The zero-order valence-electron chi connectivity index (χ0n) is 18.7. The van der Waals surface area contributed by atoms with Gasteiger partial charge in [-0.15, -0.1) is 0 Å². The number of rotatable bonds is 5. The van der Waals surface area contributed by atoms with Crippen LogP contribution in [0, 0.1) is 6.92 Å². The quantitative estimate of drug-likeness (QED) is 0.456. The Kier molecular flexibility index (Phi) is 5.73. The maximum absolute atomic E-state index is 13.3. The van der Waals surface area contributed by atoms with Gasteiger partial charge in [-0.05, 0) is 43.3 Å². The highest BCUT2D eigenvalue weighted by Crippen LogP contribution is 2.32. The van der Waals surface area contributed by atoms with Crippen LogP contribution in [0.25, 0.3) is 11.0 Å². The van der Waals surface area contributed by atoms with Gasteiger partial charge in [0.25, 0.3) is 0 Å². The van der Waals surface area contributed by atoms with Gasteiger partial charge in [-0.25, -0.2) is 13.4 Å². The fourth-order valence-corrected chi connectivity index (χ4v) is 5.24. The van der Waals surface area contributed by atoms with Crippen molar-refractivity contribution in [3.8, 4) is 11.5 Å². The number of nitrogens with zero attached hydrogens (tertiary/aromatic N) is 2. The van der Waals surface area contributed by atoms with E-state index in [-0.39, 0.29) is 22.5 Å². The molecule has 0 aliphatic carbocycles. The summed E-state index contributed by atoms with van der Waals surface area (Å²) < 4.78 is 39.0. The minimum Gasteiger partial charge on any atom is -0.486 e. The summed E-state index contributed by atoms with van der Waals surface area (Å²) in [7, 11) is -4.12. The predicted octanol–water partition coefficient (Wildman–Crippen LogP) is 2.95. The van der Waals surface area contributed by atoms with Gasteiger partial charge in [0, 0.05) is 23.6 Å². The third-order valence-corrected chi connectivity index (χ3v) is 7.27. The van der Waals surface area contributed by atoms with E-state index in [4.69, 9.17) is 9.47 Å². The molecule has 2 aromatic carbocycles. The topological polar surface area (TPSA) is 117 Å². The monoisotopic (exact) mass is 491 g/mol. The normalized spacial score (nSPS) is 12.9. The van der Waals surface area contributed by atoms with Crippen LogP contribution in [0.1, 0.15) is 5.69 Å². The minimum absolute atomic E-state index is 0.0104. The van der Waals surface area contributed by atoms with E-state index in [9.17, 15) is 18.0 Å². The summed E-state index contributed by atoms with van der Waals surface area (Å²) in [4.78, 5) is 30.1. The van der Waals surface area contributed by atoms with E-state index in [0.29, 0.717) is 36.1 Å². The smallest absolute Gasteiger partial charge is 0.244 e. The molecular formula is C25H21N3O6S. The summed E-state index contributed by atoms with van der Waals surface area (Å²) in [5, 5.41) is 2.88. The molecule has 3 heterocycles. The minimum atomic E-state index is -4.12. The Morgan fingerprint density at radius 2 is 1.77 bits per heavy atom. The second kappa shape index (κ2) is 8.88. The Labute approximate surface area is 200 Å². The average Bonchev–Trinajstić information content (AvgIpc) is 2.86. The van der Waals surface area contributed by atoms with Crippen molar-refractivity contribution in [3.05, 3.63) is 82.8 Å². The molecule has 0 saturated carbocycles. The number of hydrogen-bond donors (Lipinski definition) is 1. The highest BCUT2D eigenvalue weighted by molar-refractivity contribution is 7.91. The zero-order chi connectivity index (χ0) is 24.6. The number of benzene rings is 2. The first-order valence-corrected chi connectivity index (χ1v) is 12.3. The van der Waals surface area contributed by atoms with Gasteiger partial charge in [-0.2, -0.15) is 0 Å². The van der Waals surface area contributed by atoms with Crippen molar-refractivity contribution in [2.75, 3.05) is 18.5 Å². The van der Waals surface area contributed by atoms with Gasteiger partial charge in [0.05, 0.1) is 10.3 Å². The highest BCUT2D eigenvalue weighted by Gasteiger charge is 2.25. The second-order valence-corrected chi connectivity index (χ2v) is 9.92. The van der Waals surface area contributed by atoms with Crippen LogP contribution in [0.15, 0.2) is 81.4 Å². The Balaban J connectivity index is 1.54. The van der Waals surface area contributed by atoms with Crippen molar-refractivity contribution >= 4 is 32.5 Å². The molecule has 1 amide bonds. The zero-order valence-corrected chi connectivity index (χ0v) is 19.5. The van der Waals surface area contributed by atoms with Crippen molar-refractivity contribution < 1.29 is 22.7 Å². The van der Waals surface area contributed by atoms with Crippen LogP contribution in [0.2, 0.25) is 0 Å². The largest absolute Gasteiger partial charge is 0.486 e. The number of aryl methyl sites for hydroxylation is 1. The molecule has 4 aromatic rings. The molecule has 1 aliphatic rings. The van der Waals surface area contributed by atoms with Crippen molar-refractivity contribution in [1.82, 2.24) is 9.55 Å². The van der Waals surface area contributed by atoms with E-state index in [1.54, 1.807) is 49.4 Å². The fourth-order valence-electron chi connectivity index (χ4n) is 3.85. The first-order valence-electron chi connectivity index (χ1n) is 10.8. The second-order valence-electron chi connectivity index (χ2n) is 8.00. The van der Waals surface area contributed by atoms with Crippen LogP contribution >= 0.6 is 0 Å². The lowest BCUT2D eigenvalue weighted by atomic mass is 10.2. The molecular weight excluding hydrogens is 470 g/mol. The van der Waals surface area contributed by atoms with Crippen molar-refractivity contribution in [2.45, 2.75) is 23.3 Å². The number of pyridine rings is 2. The van der Waals surface area contributed by atoms with Crippen LogP contribution in [-0.2, 0) is 21.2 Å². The van der Waals surface area contributed by atoms with Crippen LogP contribution < -0.4 is 20.2 Å². The lowest BCUT2D eigenvalue weighted by Crippen LogP contribution is -2.24. The molecule has 0 atom stereocenters. The molecule has 5 rings (SSSR count). The first-order chi connectivity index (χ1) is 16.8. The van der Waals surface area contributed by atoms with Gasteiger partial charge in [0.2, 0.25) is 21.2 Å². The summed E-state index contributed by atoms with van der Waals surface area (Å²) in [5.41, 5.74) is 0.668. The van der Waals surface area contributed by atoms with Crippen LogP contribution in [0.3, 0.4) is 0 Å². The SMILES string of the molecule is Cc1ccc2c(=O)c(S(=O)(=O)c3ccccc3)cn(CC(=O)Nc3ccc4c(c3)OCCO4)c2n1. The third kappa shape index (κ3) is 4.35. The number of amides is 1. The third-order valence-electron chi connectivity index (χ3n) is 5.51. The van der Waals surface area contributed by atoms with Crippen LogP contribution in [0.4, 0.5) is 5.69 Å².